The van der Waals surface area contributed by atoms with Gasteiger partial charge in [-0.15, -0.1) is 6.58 Å². The van der Waals surface area contributed by atoms with Crippen LogP contribution in [0.4, 0.5) is 0 Å². The molecule has 76 valence electrons. The van der Waals surface area contributed by atoms with Crippen molar-refractivity contribution in [2.45, 2.75) is 25.4 Å². The number of aromatic hydroxyl groups is 1. The van der Waals surface area contributed by atoms with E-state index in [4.69, 9.17) is 0 Å². The quantitative estimate of drug-likeness (QED) is 0.718. The molecule has 1 unspecified atom stereocenters. The zero-order valence-electron chi connectivity index (χ0n) is 8.40. The summed E-state index contributed by atoms with van der Waals surface area (Å²) in [5, 5.41) is 18.9. The van der Waals surface area contributed by atoms with Gasteiger partial charge in [0.2, 0.25) is 0 Å². The van der Waals surface area contributed by atoms with Gasteiger partial charge in [-0.3, -0.25) is 0 Å². The topological polar surface area (TPSA) is 40.5 Å². The predicted molar refractivity (Wildman–Crippen MR) is 57.2 cm³/mol. The van der Waals surface area contributed by atoms with Crippen LogP contribution in [-0.4, -0.2) is 15.8 Å². The maximum absolute atomic E-state index is 9.67. The molecule has 1 aromatic rings. The van der Waals surface area contributed by atoms with Crippen LogP contribution in [0, 0.1) is 0 Å². The van der Waals surface area contributed by atoms with Gasteiger partial charge in [-0.25, -0.2) is 0 Å². The Hall–Kier alpha value is -1.28. The van der Waals surface area contributed by atoms with Gasteiger partial charge in [-0.1, -0.05) is 18.2 Å². The number of phenolic OH excluding ortho intramolecular Hbond substituents is 1. The highest BCUT2D eigenvalue weighted by Crippen LogP contribution is 2.17. The maximum Gasteiger partial charge on any atom is 0.115 e. The summed E-state index contributed by atoms with van der Waals surface area (Å²) in [7, 11) is 0. The second kappa shape index (κ2) is 4.29. The predicted octanol–water partition coefficient (Wildman–Crippen LogP) is 2.26. The van der Waals surface area contributed by atoms with Gasteiger partial charge < -0.3 is 10.2 Å². The number of aryl methyl sites for hydroxylation is 1. The zero-order valence-corrected chi connectivity index (χ0v) is 8.40. The first-order chi connectivity index (χ1) is 6.53. The zero-order chi connectivity index (χ0) is 10.6. The standard InChI is InChI=1S/C12H16O2/c1-3-12(2,14)8-7-10-5-4-6-11(13)9-10/h3-6,9,13-14H,1,7-8H2,2H3. The molecular formula is C12H16O2. The average Bonchev–Trinajstić information content (AvgIpc) is 2.15. The van der Waals surface area contributed by atoms with E-state index in [1.165, 1.54) is 6.08 Å². The van der Waals surface area contributed by atoms with Crippen LogP contribution < -0.4 is 0 Å². The third kappa shape index (κ3) is 3.23. The van der Waals surface area contributed by atoms with Gasteiger partial charge in [-0.2, -0.15) is 0 Å². The van der Waals surface area contributed by atoms with E-state index in [-0.39, 0.29) is 5.75 Å². The lowest BCUT2D eigenvalue weighted by Gasteiger charge is -2.17. The van der Waals surface area contributed by atoms with Crippen molar-refractivity contribution in [2.75, 3.05) is 0 Å². The minimum atomic E-state index is -0.828. The molecule has 0 aliphatic heterocycles. The first kappa shape index (κ1) is 10.8. The van der Waals surface area contributed by atoms with Crippen LogP contribution >= 0.6 is 0 Å². The van der Waals surface area contributed by atoms with E-state index < -0.39 is 5.60 Å². The second-order valence-corrected chi connectivity index (χ2v) is 3.73. The van der Waals surface area contributed by atoms with Crippen LogP contribution in [0.1, 0.15) is 18.9 Å². The van der Waals surface area contributed by atoms with Gasteiger partial charge >= 0.3 is 0 Å². The van der Waals surface area contributed by atoms with Crippen molar-refractivity contribution in [1.82, 2.24) is 0 Å². The van der Waals surface area contributed by atoms with E-state index in [9.17, 15) is 10.2 Å². The molecule has 0 bridgehead atoms. The Labute approximate surface area is 84.5 Å². The Morgan fingerprint density at radius 3 is 2.79 bits per heavy atom. The van der Waals surface area contributed by atoms with Gasteiger partial charge in [0, 0.05) is 0 Å². The molecule has 1 rings (SSSR count). The minimum Gasteiger partial charge on any atom is -0.508 e. The van der Waals surface area contributed by atoms with Crippen molar-refractivity contribution in [3.8, 4) is 5.75 Å². The van der Waals surface area contributed by atoms with Crippen LogP contribution in [0.2, 0.25) is 0 Å². The lowest BCUT2D eigenvalue weighted by Crippen LogP contribution is -2.20. The van der Waals surface area contributed by atoms with E-state index in [1.807, 2.05) is 6.07 Å². The molecule has 2 heteroatoms. The Balaban J connectivity index is 2.58. The largest absolute Gasteiger partial charge is 0.508 e. The highest BCUT2D eigenvalue weighted by atomic mass is 16.3. The highest BCUT2D eigenvalue weighted by Gasteiger charge is 2.14. The summed E-state index contributed by atoms with van der Waals surface area (Å²) in [6.07, 6.45) is 2.88. The molecule has 0 aliphatic carbocycles. The molecule has 0 radical (unpaired) electrons. The third-order valence-corrected chi connectivity index (χ3v) is 2.27. The second-order valence-electron chi connectivity index (χ2n) is 3.73. The Morgan fingerprint density at radius 1 is 1.50 bits per heavy atom. The summed E-state index contributed by atoms with van der Waals surface area (Å²) in [6.45, 7) is 5.29. The molecule has 0 saturated carbocycles. The van der Waals surface area contributed by atoms with Crippen molar-refractivity contribution < 1.29 is 10.2 Å². The van der Waals surface area contributed by atoms with E-state index in [0.717, 1.165) is 12.0 Å². The number of hydrogen-bond acceptors (Lipinski definition) is 2. The first-order valence-corrected chi connectivity index (χ1v) is 4.67. The van der Waals surface area contributed by atoms with E-state index >= 15 is 0 Å². The monoisotopic (exact) mass is 192 g/mol. The molecule has 0 fully saturated rings. The van der Waals surface area contributed by atoms with Gasteiger partial charge in [0.1, 0.15) is 5.75 Å². The molecule has 1 atom stereocenters. The normalized spacial score (nSPS) is 14.7. The molecule has 0 saturated heterocycles. The number of phenols is 1. The summed E-state index contributed by atoms with van der Waals surface area (Å²) in [4.78, 5) is 0. The van der Waals surface area contributed by atoms with Gasteiger partial charge in [0.05, 0.1) is 5.60 Å². The Kier molecular flexibility index (Phi) is 3.31. The molecule has 0 aromatic heterocycles. The van der Waals surface area contributed by atoms with Crippen LogP contribution in [0.15, 0.2) is 36.9 Å². The fourth-order valence-corrected chi connectivity index (χ4v) is 1.21. The molecule has 0 spiro atoms. The van der Waals surface area contributed by atoms with E-state index in [0.29, 0.717) is 6.42 Å². The average molecular weight is 192 g/mol. The summed E-state index contributed by atoms with van der Waals surface area (Å²) in [6, 6.07) is 7.07. The first-order valence-electron chi connectivity index (χ1n) is 4.67. The summed E-state index contributed by atoms with van der Waals surface area (Å²) in [5.41, 5.74) is 0.193. The third-order valence-electron chi connectivity index (χ3n) is 2.27. The fraction of sp³-hybridized carbons (Fsp3) is 0.333. The molecule has 0 amide bonds. The molecule has 2 nitrogen and oxygen atoms in total. The fourth-order valence-electron chi connectivity index (χ4n) is 1.21. The minimum absolute atomic E-state index is 0.265. The van der Waals surface area contributed by atoms with Crippen LogP contribution in [-0.2, 0) is 6.42 Å². The number of benzene rings is 1. The van der Waals surface area contributed by atoms with Crippen molar-refractivity contribution in [3.05, 3.63) is 42.5 Å². The Morgan fingerprint density at radius 2 is 2.21 bits per heavy atom. The van der Waals surface area contributed by atoms with E-state index in [1.54, 1.807) is 25.1 Å². The lowest BCUT2D eigenvalue weighted by molar-refractivity contribution is 0.103. The van der Waals surface area contributed by atoms with Crippen molar-refractivity contribution in [2.24, 2.45) is 0 Å². The van der Waals surface area contributed by atoms with Crippen LogP contribution in [0.5, 0.6) is 5.75 Å². The Bertz CT molecular complexity index is 316. The summed E-state index contributed by atoms with van der Waals surface area (Å²) < 4.78 is 0. The van der Waals surface area contributed by atoms with Gasteiger partial charge in [0.15, 0.2) is 0 Å². The smallest absolute Gasteiger partial charge is 0.115 e. The van der Waals surface area contributed by atoms with Crippen molar-refractivity contribution in [1.29, 1.82) is 0 Å². The molecule has 0 aliphatic rings. The molecule has 0 heterocycles. The summed E-state index contributed by atoms with van der Waals surface area (Å²) in [5.74, 6) is 0.265. The lowest BCUT2D eigenvalue weighted by atomic mass is 9.97. The van der Waals surface area contributed by atoms with Gasteiger partial charge in [-0.05, 0) is 37.5 Å². The van der Waals surface area contributed by atoms with Crippen molar-refractivity contribution in [3.63, 3.8) is 0 Å². The summed E-state index contributed by atoms with van der Waals surface area (Å²) >= 11 is 0. The molecule has 2 N–H and O–H groups in total. The van der Waals surface area contributed by atoms with Crippen molar-refractivity contribution >= 4 is 0 Å². The maximum atomic E-state index is 9.67. The molecule has 1 aromatic carbocycles. The number of rotatable bonds is 4. The number of aliphatic hydroxyl groups is 1. The highest BCUT2D eigenvalue weighted by molar-refractivity contribution is 5.27. The van der Waals surface area contributed by atoms with Crippen LogP contribution in [0.3, 0.4) is 0 Å². The number of hydrogen-bond donors (Lipinski definition) is 2. The molecular weight excluding hydrogens is 176 g/mol. The van der Waals surface area contributed by atoms with E-state index in [2.05, 4.69) is 6.58 Å². The van der Waals surface area contributed by atoms with Crippen LogP contribution in [0.25, 0.3) is 0 Å². The SMILES string of the molecule is C=CC(C)(O)CCc1cccc(O)c1. The van der Waals surface area contributed by atoms with Gasteiger partial charge in [0.25, 0.3) is 0 Å². The molecule has 14 heavy (non-hydrogen) atoms.